The Kier molecular flexibility index (Phi) is 4.76. The third-order valence-corrected chi connectivity index (χ3v) is 9.85. The van der Waals surface area contributed by atoms with E-state index in [0.29, 0.717) is 34.9 Å². The lowest BCUT2D eigenvalue weighted by atomic mass is 9.46. The van der Waals surface area contributed by atoms with Crippen molar-refractivity contribution in [1.29, 1.82) is 0 Å². The smallest absolute Gasteiger partial charge is 0.244 e. The molecule has 0 unspecified atom stereocenters. The average molecular weight is 429 g/mol. The molecule has 0 aliphatic heterocycles. The van der Waals surface area contributed by atoms with E-state index in [1.54, 1.807) is 0 Å². The van der Waals surface area contributed by atoms with E-state index in [-0.39, 0.29) is 10.8 Å². The summed E-state index contributed by atoms with van der Waals surface area (Å²) in [5, 5.41) is 15.8. The van der Waals surface area contributed by atoms with Gasteiger partial charge in [-0.15, -0.1) is 0 Å². The molecule has 4 aliphatic carbocycles. The summed E-state index contributed by atoms with van der Waals surface area (Å²) in [6.07, 6.45) is 9.05. The minimum atomic E-state index is -3.38. The number of hydrazone groups is 1. The first-order valence-electron chi connectivity index (χ1n) is 10.5. The van der Waals surface area contributed by atoms with Gasteiger partial charge in [0, 0.05) is 0 Å². The van der Waals surface area contributed by atoms with Gasteiger partial charge in [0.25, 0.3) is 0 Å². The quantitative estimate of drug-likeness (QED) is 0.647. The van der Waals surface area contributed by atoms with E-state index in [0.717, 1.165) is 51.2 Å². The molecule has 0 radical (unpaired) electrons. The SMILES string of the molecule is C[C@]12CCC(=NNS(C)(=O)=O)C(Cl)=C1CC[C@@H]1[C@@H]2CC[C@@]2(C)[C@H]1CC[C@]2(C)O. The third-order valence-electron chi connectivity index (χ3n) is 8.98. The van der Waals surface area contributed by atoms with E-state index in [9.17, 15) is 13.5 Å². The fraction of sp³-hybridized carbons (Fsp3) is 0.857. The Bertz CT molecular complexity index is 850. The van der Waals surface area contributed by atoms with Crippen LogP contribution in [0.1, 0.15) is 72.1 Å². The van der Waals surface area contributed by atoms with Crippen LogP contribution in [0.5, 0.6) is 0 Å². The number of nitrogens with zero attached hydrogens (tertiary/aromatic N) is 1. The molecule has 0 bridgehead atoms. The minimum Gasteiger partial charge on any atom is -0.390 e. The topological polar surface area (TPSA) is 78.8 Å². The first-order chi connectivity index (χ1) is 12.9. The van der Waals surface area contributed by atoms with E-state index in [2.05, 4.69) is 23.8 Å². The Hall–Kier alpha value is -0.590. The molecule has 7 heteroatoms. The summed E-state index contributed by atoms with van der Waals surface area (Å²) in [5.41, 5.74) is 1.46. The molecule has 3 saturated carbocycles. The predicted molar refractivity (Wildman–Crippen MR) is 113 cm³/mol. The average Bonchev–Trinajstić information content (AvgIpc) is 2.83. The van der Waals surface area contributed by atoms with Crippen molar-refractivity contribution in [2.75, 3.05) is 6.26 Å². The first kappa shape index (κ1) is 20.7. The normalized spacial score (nSPS) is 47.5. The molecule has 6 atom stereocenters. The number of nitrogens with one attached hydrogen (secondary N) is 1. The zero-order chi connectivity index (χ0) is 20.5. The van der Waals surface area contributed by atoms with Gasteiger partial charge in [0.2, 0.25) is 10.0 Å². The van der Waals surface area contributed by atoms with E-state index in [4.69, 9.17) is 11.6 Å². The van der Waals surface area contributed by atoms with Gasteiger partial charge < -0.3 is 5.11 Å². The fourth-order valence-corrected chi connectivity index (χ4v) is 7.87. The van der Waals surface area contributed by atoms with Gasteiger partial charge in [-0.2, -0.15) is 5.10 Å². The van der Waals surface area contributed by atoms with E-state index in [1.807, 2.05) is 6.92 Å². The van der Waals surface area contributed by atoms with Crippen LogP contribution in [-0.4, -0.2) is 31.1 Å². The van der Waals surface area contributed by atoms with Crippen LogP contribution in [-0.2, 0) is 10.0 Å². The molecule has 4 rings (SSSR count). The Morgan fingerprint density at radius 1 is 1.07 bits per heavy atom. The Morgan fingerprint density at radius 3 is 2.43 bits per heavy atom. The highest BCUT2D eigenvalue weighted by Gasteiger charge is 2.62. The molecular weight excluding hydrogens is 396 g/mol. The van der Waals surface area contributed by atoms with Gasteiger partial charge in [0.15, 0.2) is 0 Å². The van der Waals surface area contributed by atoms with Crippen molar-refractivity contribution >= 4 is 27.3 Å². The maximum absolute atomic E-state index is 11.4. The molecule has 0 aromatic rings. The van der Waals surface area contributed by atoms with E-state index in [1.165, 1.54) is 5.57 Å². The molecule has 4 aliphatic rings. The van der Waals surface area contributed by atoms with Crippen molar-refractivity contribution in [3.05, 3.63) is 10.6 Å². The molecule has 0 spiro atoms. The second-order valence-corrected chi connectivity index (χ2v) is 12.4. The molecule has 0 heterocycles. The molecule has 2 N–H and O–H groups in total. The number of fused-ring (bicyclic) bond motifs is 5. The van der Waals surface area contributed by atoms with Crippen molar-refractivity contribution < 1.29 is 13.5 Å². The van der Waals surface area contributed by atoms with Gasteiger partial charge >= 0.3 is 0 Å². The van der Waals surface area contributed by atoms with Crippen LogP contribution in [0.4, 0.5) is 0 Å². The first-order valence-corrected chi connectivity index (χ1v) is 12.8. The molecule has 158 valence electrons. The number of hydrogen-bond acceptors (Lipinski definition) is 4. The van der Waals surface area contributed by atoms with Gasteiger partial charge in [-0.3, -0.25) is 0 Å². The van der Waals surface area contributed by atoms with Gasteiger partial charge in [-0.1, -0.05) is 25.4 Å². The van der Waals surface area contributed by atoms with Gasteiger partial charge in [-0.25, -0.2) is 13.2 Å². The lowest BCUT2D eigenvalue weighted by molar-refractivity contribution is -0.117. The highest BCUT2D eigenvalue weighted by molar-refractivity contribution is 7.88. The molecule has 0 aromatic carbocycles. The second kappa shape index (κ2) is 6.45. The molecule has 0 aromatic heterocycles. The van der Waals surface area contributed by atoms with Crippen LogP contribution in [0.2, 0.25) is 0 Å². The summed E-state index contributed by atoms with van der Waals surface area (Å²) in [7, 11) is -3.38. The van der Waals surface area contributed by atoms with Crippen molar-refractivity contribution in [3.63, 3.8) is 0 Å². The Labute approximate surface area is 174 Å². The van der Waals surface area contributed by atoms with Crippen LogP contribution >= 0.6 is 11.6 Å². The maximum Gasteiger partial charge on any atom is 0.244 e. The maximum atomic E-state index is 11.4. The minimum absolute atomic E-state index is 0.0240. The summed E-state index contributed by atoms with van der Waals surface area (Å²) < 4.78 is 22.8. The summed E-state index contributed by atoms with van der Waals surface area (Å²) in [4.78, 5) is 2.24. The summed E-state index contributed by atoms with van der Waals surface area (Å²) >= 11 is 6.76. The molecule has 28 heavy (non-hydrogen) atoms. The zero-order valence-electron chi connectivity index (χ0n) is 17.4. The number of aliphatic hydroxyl groups is 1. The van der Waals surface area contributed by atoms with Gasteiger partial charge in [0.1, 0.15) is 0 Å². The Balaban J connectivity index is 1.65. The molecule has 5 nitrogen and oxygen atoms in total. The van der Waals surface area contributed by atoms with Crippen LogP contribution in [0.25, 0.3) is 0 Å². The third kappa shape index (κ3) is 2.97. The van der Waals surface area contributed by atoms with Crippen LogP contribution < -0.4 is 4.83 Å². The summed E-state index contributed by atoms with van der Waals surface area (Å²) in [6, 6.07) is 0. The lowest BCUT2D eigenvalue weighted by Crippen LogP contribution is -2.54. The van der Waals surface area contributed by atoms with Gasteiger partial charge in [-0.05, 0) is 92.4 Å². The molecular formula is C21H33ClN2O3S. The number of rotatable bonds is 2. The van der Waals surface area contributed by atoms with Crippen LogP contribution in [0.3, 0.4) is 0 Å². The largest absolute Gasteiger partial charge is 0.390 e. The lowest BCUT2D eigenvalue weighted by Gasteiger charge is -2.59. The number of sulfonamides is 1. The Morgan fingerprint density at radius 2 is 1.75 bits per heavy atom. The number of allylic oxidation sites excluding steroid dienone is 2. The van der Waals surface area contributed by atoms with Crippen LogP contribution in [0, 0.1) is 28.6 Å². The standard InChI is InChI=1S/C21H33ClN2O3S/c1-19-10-9-17(23-24-28(4,26)27)18(22)16(19)6-5-13-14(19)7-11-20(2)15(13)8-12-21(20,3)25/h13-15,24-25H,5-12H2,1-4H3/t13-,14+,15+,19-,20+,21+/m1/s1. The van der Waals surface area contributed by atoms with Gasteiger partial charge in [0.05, 0.1) is 22.6 Å². The van der Waals surface area contributed by atoms with Crippen molar-refractivity contribution in [3.8, 4) is 0 Å². The molecule has 0 amide bonds. The zero-order valence-corrected chi connectivity index (χ0v) is 19.0. The summed E-state index contributed by atoms with van der Waals surface area (Å²) in [5.74, 6) is 1.81. The highest BCUT2D eigenvalue weighted by atomic mass is 35.5. The van der Waals surface area contributed by atoms with Crippen molar-refractivity contribution in [2.24, 2.45) is 33.7 Å². The molecule has 0 saturated heterocycles. The van der Waals surface area contributed by atoms with Crippen molar-refractivity contribution in [1.82, 2.24) is 4.83 Å². The fourth-order valence-electron chi connectivity index (χ4n) is 7.15. The van der Waals surface area contributed by atoms with E-state index >= 15 is 0 Å². The monoisotopic (exact) mass is 428 g/mol. The molecule has 3 fully saturated rings. The second-order valence-electron chi connectivity index (χ2n) is 10.3. The number of halogens is 1. The predicted octanol–water partition coefficient (Wildman–Crippen LogP) is 4.17. The van der Waals surface area contributed by atoms with Crippen molar-refractivity contribution in [2.45, 2.75) is 77.7 Å². The van der Waals surface area contributed by atoms with E-state index < -0.39 is 15.6 Å². The highest BCUT2D eigenvalue weighted by Crippen LogP contribution is 2.67. The number of hydrogen-bond donors (Lipinski definition) is 2. The van der Waals surface area contributed by atoms with Crippen LogP contribution in [0.15, 0.2) is 15.7 Å². The summed E-state index contributed by atoms with van der Waals surface area (Å²) in [6.45, 7) is 6.71.